The number of rotatable bonds is 5. The largest absolute Gasteiger partial charge is 0.505 e. The molecule has 7 heteroatoms. The van der Waals surface area contributed by atoms with Gasteiger partial charge >= 0.3 is 5.97 Å². The van der Waals surface area contributed by atoms with Gasteiger partial charge in [-0.05, 0) is 30.9 Å². The van der Waals surface area contributed by atoms with E-state index in [4.69, 9.17) is 5.11 Å². The van der Waals surface area contributed by atoms with Crippen molar-refractivity contribution < 1.29 is 19.8 Å². The molecule has 1 saturated heterocycles. The first kappa shape index (κ1) is 15.2. The highest BCUT2D eigenvalue weighted by Gasteiger charge is 2.26. The number of hydrogen-bond donors (Lipinski definition) is 3. The molecule has 0 saturated carbocycles. The maximum atomic E-state index is 12.3. The minimum absolute atomic E-state index is 0.0663. The summed E-state index contributed by atoms with van der Waals surface area (Å²) in [6.07, 6.45) is 3.28. The Morgan fingerprint density at radius 3 is 3.00 bits per heavy atom. The third-order valence-corrected chi connectivity index (χ3v) is 3.50. The summed E-state index contributed by atoms with van der Waals surface area (Å²) in [7, 11) is 0. The van der Waals surface area contributed by atoms with Gasteiger partial charge in [0, 0.05) is 25.8 Å². The molecule has 0 spiro atoms. The van der Waals surface area contributed by atoms with Crippen molar-refractivity contribution in [2.24, 2.45) is 5.92 Å². The van der Waals surface area contributed by atoms with Gasteiger partial charge in [-0.3, -0.25) is 9.59 Å². The van der Waals surface area contributed by atoms with Crippen molar-refractivity contribution in [2.45, 2.75) is 12.8 Å². The van der Waals surface area contributed by atoms with Crippen LogP contribution in [0.5, 0.6) is 5.75 Å². The Morgan fingerprint density at radius 2 is 2.29 bits per heavy atom. The summed E-state index contributed by atoms with van der Waals surface area (Å²) in [4.78, 5) is 28.4. The van der Waals surface area contributed by atoms with Gasteiger partial charge in [0.05, 0.1) is 6.54 Å². The summed E-state index contributed by atoms with van der Waals surface area (Å²) in [6.45, 7) is 1.65. The molecular formula is C14H19N3O4. The first-order valence-corrected chi connectivity index (χ1v) is 6.93. The molecule has 0 aromatic carbocycles. The molecule has 1 unspecified atom stereocenters. The molecule has 7 nitrogen and oxygen atoms in total. The second kappa shape index (κ2) is 7.03. The molecule has 2 heterocycles. The predicted molar refractivity (Wildman–Crippen MR) is 75.0 cm³/mol. The van der Waals surface area contributed by atoms with E-state index in [0.29, 0.717) is 19.6 Å². The van der Waals surface area contributed by atoms with E-state index >= 15 is 0 Å². The van der Waals surface area contributed by atoms with Crippen molar-refractivity contribution in [1.29, 1.82) is 0 Å². The van der Waals surface area contributed by atoms with Crippen LogP contribution in [0.25, 0.3) is 0 Å². The molecule has 1 atom stereocenters. The van der Waals surface area contributed by atoms with Crippen molar-refractivity contribution >= 4 is 11.9 Å². The fourth-order valence-corrected chi connectivity index (χ4v) is 2.51. The molecule has 1 fully saturated rings. The summed E-state index contributed by atoms with van der Waals surface area (Å²) in [5.41, 5.74) is 0.0663. The van der Waals surface area contributed by atoms with E-state index in [-0.39, 0.29) is 29.8 Å². The number of carbonyl (C=O) groups excluding carboxylic acids is 1. The molecule has 0 aliphatic carbocycles. The van der Waals surface area contributed by atoms with E-state index in [0.717, 1.165) is 12.8 Å². The van der Waals surface area contributed by atoms with Crippen molar-refractivity contribution in [3.05, 3.63) is 24.0 Å². The number of amides is 1. The maximum Gasteiger partial charge on any atom is 0.317 e. The van der Waals surface area contributed by atoms with Gasteiger partial charge in [0.15, 0.2) is 5.69 Å². The quantitative estimate of drug-likeness (QED) is 0.722. The van der Waals surface area contributed by atoms with Crippen LogP contribution in [0, 0.1) is 5.92 Å². The Morgan fingerprint density at radius 1 is 1.48 bits per heavy atom. The van der Waals surface area contributed by atoms with Crippen molar-refractivity contribution in [1.82, 2.24) is 15.2 Å². The van der Waals surface area contributed by atoms with Crippen LogP contribution in [0.4, 0.5) is 0 Å². The van der Waals surface area contributed by atoms with Crippen molar-refractivity contribution in [3.63, 3.8) is 0 Å². The number of carboxylic acid groups (broad SMARTS) is 1. The number of carboxylic acids is 1. The summed E-state index contributed by atoms with van der Waals surface area (Å²) in [5.74, 6) is -1.07. The highest BCUT2D eigenvalue weighted by atomic mass is 16.4. The number of pyridine rings is 1. The van der Waals surface area contributed by atoms with Crippen LogP contribution in [0.3, 0.4) is 0 Å². The zero-order chi connectivity index (χ0) is 15.2. The Labute approximate surface area is 122 Å². The number of carbonyl (C=O) groups is 2. The minimum Gasteiger partial charge on any atom is -0.505 e. The molecule has 1 aromatic rings. The first-order chi connectivity index (χ1) is 10.1. The smallest absolute Gasteiger partial charge is 0.317 e. The molecular weight excluding hydrogens is 274 g/mol. The van der Waals surface area contributed by atoms with Crippen LogP contribution in [0.1, 0.15) is 23.3 Å². The maximum absolute atomic E-state index is 12.3. The van der Waals surface area contributed by atoms with E-state index < -0.39 is 5.97 Å². The van der Waals surface area contributed by atoms with Gasteiger partial charge in [-0.15, -0.1) is 0 Å². The third-order valence-electron chi connectivity index (χ3n) is 3.50. The number of piperidine rings is 1. The molecule has 1 aliphatic rings. The van der Waals surface area contributed by atoms with Gasteiger partial charge in [-0.25, -0.2) is 4.98 Å². The van der Waals surface area contributed by atoms with Crippen LogP contribution < -0.4 is 5.32 Å². The van der Waals surface area contributed by atoms with Crippen LogP contribution in [-0.4, -0.2) is 58.2 Å². The van der Waals surface area contributed by atoms with Crippen molar-refractivity contribution in [3.8, 4) is 5.75 Å². The minimum atomic E-state index is -0.892. The lowest BCUT2D eigenvalue weighted by atomic mass is 9.97. The molecule has 2 rings (SSSR count). The van der Waals surface area contributed by atoms with E-state index in [9.17, 15) is 14.7 Å². The van der Waals surface area contributed by atoms with E-state index in [2.05, 4.69) is 10.3 Å². The lowest BCUT2D eigenvalue weighted by molar-refractivity contribution is -0.136. The van der Waals surface area contributed by atoms with Gasteiger partial charge in [0.25, 0.3) is 5.91 Å². The zero-order valence-corrected chi connectivity index (χ0v) is 11.7. The van der Waals surface area contributed by atoms with Gasteiger partial charge in [-0.2, -0.15) is 0 Å². The fourth-order valence-electron chi connectivity index (χ4n) is 2.51. The van der Waals surface area contributed by atoms with Gasteiger partial charge < -0.3 is 20.4 Å². The van der Waals surface area contributed by atoms with E-state index in [1.54, 1.807) is 11.0 Å². The highest BCUT2D eigenvalue weighted by molar-refractivity contribution is 5.94. The lowest BCUT2D eigenvalue weighted by Gasteiger charge is -2.32. The van der Waals surface area contributed by atoms with Gasteiger partial charge in [-0.1, -0.05) is 0 Å². The SMILES string of the molecule is O=C(O)CNCC1CCCN(C(=O)c2ncccc2O)C1. The van der Waals surface area contributed by atoms with Crippen LogP contribution in [-0.2, 0) is 4.79 Å². The summed E-state index contributed by atoms with van der Waals surface area (Å²) < 4.78 is 0. The number of aliphatic carboxylic acids is 1. The van der Waals surface area contributed by atoms with E-state index in [1.807, 2.05) is 0 Å². The average molecular weight is 293 g/mol. The highest BCUT2D eigenvalue weighted by Crippen LogP contribution is 2.20. The standard InChI is InChI=1S/C14H19N3O4/c18-11-4-1-5-16-13(11)14(21)17-6-2-3-10(9-17)7-15-8-12(19)20/h1,4-5,10,15,18H,2-3,6-9H2,(H,19,20). The topological polar surface area (TPSA) is 103 Å². The summed E-state index contributed by atoms with van der Waals surface area (Å²) in [6, 6.07) is 3.01. The monoisotopic (exact) mass is 293 g/mol. The number of aromatic nitrogens is 1. The lowest BCUT2D eigenvalue weighted by Crippen LogP contribution is -2.43. The molecule has 1 amide bonds. The molecule has 1 aromatic heterocycles. The Hall–Kier alpha value is -2.15. The first-order valence-electron chi connectivity index (χ1n) is 6.93. The fraction of sp³-hybridized carbons (Fsp3) is 0.500. The Bertz CT molecular complexity index is 521. The number of likely N-dealkylation sites (tertiary alicyclic amines) is 1. The number of nitrogens with zero attached hydrogens (tertiary/aromatic N) is 2. The molecule has 0 bridgehead atoms. The van der Waals surface area contributed by atoms with Gasteiger partial charge in [0.2, 0.25) is 0 Å². The molecule has 1 aliphatic heterocycles. The number of aromatic hydroxyl groups is 1. The summed E-state index contributed by atoms with van der Waals surface area (Å²) in [5, 5.41) is 21.2. The van der Waals surface area contributed by atoms with Gasteiger partial charge in [0.1, 0.15) is 5.75 Å². The zero-order valence-electron chi connectivity index (χ0n) is 11.7. The molecule has 21 heavy (non-hydrogen) atoms. The Kier molecular flexibility index (Phi) is 5.10. The average Bonchev–Trinajstić information content (AvgIpc) is 2.47. The molecule has 3 N–H and O–H groups in total. The van der Waals surface area contributed by atoms with Crippen molar-refractivity contribution in [2.75, 3.05) is 26.2 Å². The molecule has 0 radical (unpaired) electrons. The van der Waals surface area contributed by atoms with Crippen LogP contribution in [0.15, 0.2) is 18.3 Å². The number of hydrogen-bond acceptors (Lipinski definition) is 5. The number of nitrogens with one attached hydrogen (secondary N) is 1. The molecule has 114 valence electrons. The van der Waals surface area contributed by atoms with Crippen LogP contribution >= 0.6 is 0 Å². The van der Waals surface area contributed by atoms with Crippen LogP contribution in [0.2, 0.25) is 0 Å². The predicted octanol–water partition coefficient (Wildman–Crippen LogP) is 0.314. The Balaban J connectivity index is 1.93. The third kappa shape index (κ3) is 4.16. The normalized spacial score (nSPS) is 18.5. The second-order valence-electron chi connectivity index (χ2n) is 5.16. The van der Waals surface area contributed by atoms with E-state index in [1.165, 1.54) is 12.3 Å². The summed E-state index contributed by atoms with van der Waals surface area (Å²) >= 11 is 0. The second-order valence-corrected chi connectivity index (χ2v) is 5.16.